The van der Waals surface area contributed by atoms with Gasteiger partial charge < -0.3 is 10.4 Å². The van der Waals surface area contributed by atoms with E-state index in [0.717, 1.165) is 6.42 Å². The van der Waals surface area contributed by atoms with Crippen molar-refractivity contribution in [2.24, 2.45) is 5.92 Å². The van der Waals surface area contributed by atoms with Crippen molar-refractivity contribution in [1.82, 2.24) is 25.9 Å². The normalized spacial score (nSPS) is 24.2. The van der Waals surface area contributed by atoms with Crippen molar-refractivity contribution >= 4 is 11.9 Å². The highest BCUT2D eigenvalue weighted by atomic mass is 16.4. The molecule has 0 spiro atoms. The van der Waals surface area contributed by atoms with Gasteiger partial charge in [0.2, 0.25) is 0 Å². The minimum absolute atomic E-state index is 0.0731. The lowest BCUT2D eigenvalue weighted by molar-refractivity contribution is -0.142. The molecule has 0 bridgehead atoms. The molecule has 1 heterocycles. The van der Waals surface area contributed by atoms with E-state index in [0.29, 0.717) is 12.8 Å². The number of amides is 1. The average molecular weight is 225 g/mol. The van der Waals surface area contributed by atoms with Crippen LogP contribution >= 0.6 is 0 Å². The number of aliphatic carboxylic acids is 1. The van der Waals surface area contributed by atoms with Crippen LogP contribution in [0.5, 0.6) is 0 Å². The first-order valence-electron chi connectivity index (χ1n) is 4.95. The molecule has 2 unspecified atom stereocenters. The molecular formula is C8H11N5O3. The summed E-state index contributed by atoms with van der Waals surface area (Å²) in [7, 11) is 0. The molecular weight excluding hydrogens is 214 g/mol. The van der Waals surface area contributed by atoms with Gasteiger partial charge in [0.15, 0.2) is 0 Å². The van der Waals surface area contributed by atoms with Crippen molar-refractivity contribution in [3.05, 3.63) is 5.82 Å². The predicted octanol–water partition coefficient (Wildman–Crippen LogP) is -0.817. The Labute approximate surface area is 90.4 Å². The predicted molar refractivity (Wildman–Crippen MR) is 50.4 cm³/mol. The maximum Gasteiger partial charge on any atom is 0.308 e. The average Bonchev–Trinajstić information content (AvgIpc) is 2.86. The van der Waals surface area contributed by atoms with Crippen LogP contribution in [-0.4, -0.2) is 43.6 Å². The molecule has 1 fully saturated rings. The lowest BCUT2D eigenvalue weighted by atomic mass is 10.0. The number of nitrogens with one attached hydrogen (secondary N) is 2. The first kappa shape index (κ1) is 10.5. The number of carbonyl (C=O) groups excluding carboxylic acids is 1. The number of hydrogen-bond donors (Lipinski definition) is 3. The standard InChI is InChI=1S/C8H11N5O3/c14-7(6-10-12-13-11-6)9-5-3-1-2-4(5)8(15)16/h4-5H,1-3H2,(H,9,14)(H,15,16)(H,10,11,12,13). The minimum Gasteiger partial charge on any atom is -0.481 e. The minimum atomic E-state index is -0.879. The number of tetrazole rings is 1. The molecule has 8 nitrogen and oxygen atoms in total. The summed E-state index contributed by atoms with van der Waals surface area (Å²) in [4.78, 5) is 22.4. The quantitative estimate of drug-likeness (QED) is 0.618. The highest BCUT2D eigenvalue weighted by Crippen LogP contribution is 2.25. The van der Waals surface area contributed by atoms with Crippen LogP contribution < -0.4 is 5.32 Å². The third kappa shape index (κ3) is 2.00. The van der Waals surface area contributed by atoms with Gasteiger partial charge in [0, 0.05) is 6.04 Å². The number of carbonyl (C=O) groups is 2. The van der Waals surface area contributed by atoms with Crippen LogP contribution in [0.4, 0.5) is 0 Å². The van der Waals surface area contributed by atoms with E-state index in [1.165, 1.54) is 0 Å². The summed E-state index contributed by atoms with van der Waals surface area (Å²) in [6, 6.07) is -0.344. The summed E-state index contributed by atoms with van der Waals surface area (Å²) in [5.74, 6) is -1.96. The van der Waals surface area contributed by atoms with E-state index in [9.17, 15) is 9.59 Å². The Morgan fingerprint density at radius 2 is 2.25 bits per heavy atom. The number of hydrogen-bond acceptors (Lipinski definition) is 5. The highest BCUT2D eigenvalue weighted by Gasteiger charge is 2.34. The molecule has 0 saturated heterocycles. The molecule has 2 atom stereocenters. The van der Waals surface area contributed by atoms with Crippen LogP contribution in [0.1, 0.15) is 29.9 Å². The van der Waals surface area contributed by atoms with Crippen molar-refractivity contribution in [2.45, 2.75) is 25.3 Å². The smallest absolute Gasteiger partial charge is 0.308 e. The molecule has 86 valence electrons. The zero-order valence-corrected chi connectivity index (χ0v) is 8.38. The lowest BCUT2D eigenvalue weighted by Crippen LogP contribution is -2.40. The van der Waals surface area contributed by atoms with Gasteiger partial charge in [-0.15, -0.1) is 10.2 Å². The van der Waals surface area contributed by atoms with E-state index in [-0.39, 0.29) is 11.9 Å². The fourth-order valence-corrected chi connectivity index (χ4v) is 1.92. The third-order valence-corrected chi connectivity index (χ3v) is 2.70. The van der Waals surface area contributed by atoms with Crippen molar-refractivity contribution in [2.75, 3.05) is 0 Å². The molecule has 1 aliphatic carbocycles. The summed E-state index contributed by atoms with van der Waals surface area (Å²) in [6.07, 6.45) is 2.06. The lowest BCUT2D eigenvalue weighted by Gasteiger charge is -2.16. The maximum atomic E-state index is 11.5. The summed E-state index contributed by atoms with van der Waals surface area (Å²) in [6.45, 7) is 0. The number of H-pyrrole nitrogens is 1. The Balaban J connectivity index is 1.99. The van der Waals surface area contributed by atoms with Crippen molar-refractivity contribution in [1.29, 1.82) is 0 Å². The van der Waals surface area contributed by atoms with Crippen molar-refractivity contribution in [3.63, 3.8) is 0 Å². The molecule has 3 N–H and O–H groups in total. The second-order valence-corrected chi connectivity index (χ2v) is 3.69. The van der Waals surface area contributed by atoms with Crippen LogP contribution in [0.3, 0.4) is 0 Å². The van der Waals surface area contributed by atoms with Gasteiger partial charge in [0.05, 0.1) is 5.92 Å². The Morgan fingerprint density at radius 3 is 2.88 bits per heavy atom. The van der Waals surface area contributed by atoms with Crippen molar-refractivity contribution in [3.8, 4) is 0 Å². The van der Waals surface area contributed by atoms with E-state index in [1.807, 2.05) is 0 Å². The molecule has 16 heavy (non-hydrogen) atoms. The van der Waals surface area contributed by atoms with Crippen LogP contribution in [0.2, 0.25) is 0 Å². The highest BCUT2D eigenvalue weighted by molar-refractivity contribution is 5.90. The van der Waals surface area contributed by atoms with E-state index in [2.05, 4.69) is 25.9 Å². The van der Waals surface area contributed by atoms with Gasteiger partial charge in [-0.25, -0.2) is 0 Å². The maximum absolute atomic E-state index is 11.5. The van der Waals surface area contributed by atoms with Crippen LogP contribution in [0.25, 0.3) is 0 Å². The van der Waals surface area contributed by atoms with Gasteiger partial charge in [-0.1, -0.05) is 6.42 Å². The zero-order chi connectivity index (χ0) is 11.5. The second-order valence-electron chi connectivity index (χ2n) is 3.69. The fourth-order valence-electron chi connectivity index (χ4n) is 1.92. The molecule has 1 amide bonds. The monoisotopic (exact) mass is 225 g/mol. The molecule has 8 heteroatoms. The van der Waals surface area contributed by atoms with Crippen LogP contribution in [0.15, 0.2) is 0 Å². The first-order chi connectivity index (χ1) is 7.68. The van der Waals surface area contributed by atoms with Gasteiger partial charge in [-0.3, -0.25) is 9.59 Å². The molecule has 2 rings (SSSR count). The SMILES string of the molecule is O=C(NC1CCCC1C(=O)O)c1nn[nH]n1. The Hall–Kier alpha value is -1.99. The summed E-state index contributed by atoms with van der Waals surface area (Å²) >= 11 is 0. The van der Waals surface area contributed by atoms with E-state index >= 15 is 0 Å². The summed E-state index contributed by atoms with van der Waals surface area (Å²) in [5, 5.41) is 24.0. The Bertz CT molecular complexity index is 390. The Morgan fingerprint density at radius 1 is 1.44 bits per heavy atom. The topological polar surface area (TPSA) is 121 Å². The number of aromatic amines is 1. The summed E-state index contributed by atoms with van der Waals surface area (Å²) in [5.41, 5.74) is 0. The van der Waals surface area contributed by atoms with Crippen LogP contribution in [-0.2, 0) is 4.79 Å². The van der Waals surface area contributed by atoms with E-state index in [1.54, 1.807) is 0 Å². The fraction of sp³-hybridized carbons (Fsp3) is 0.625. The van der Waals surface area contributed by atoms with Gasteiger partial charge >= 0.3 is 5.97 Å². The van der Waals surface area contributed by atoms with Gasteiger partial charge in [-0.2, -0.15) is 5.21 Å². The molecule has 1 aromatic rings. The number of rotatable bonds is 3. The van der Waals surface area contributed by atoms with Crippen molar-refractivity contribution < 1.29 is 14.7 Å². The van der Waals surface area contributed by atoms with E-state index in [4.69, 9.17) is 5.11 Å². The number of nitrogens with zero attached hydrogens (tertiary/aromatic N) is 3. The third-order valence-electron chi connectivity index (χ3n) is 2.70. The molecule has 0 radical (unpaired) electrons. The molecule has 1 aromatic heterocycles. The summed E-state index contributed by atoms with van der Waals surface area (Å²) < 4.78 is 0. The van der Waals surface area contributed by atoms with Crippen LogP contribution in [0, 0.1) is 5.92 Å². The van der Waals surface area contributed by atoms with Gasteiger partial charge in [-0.05, 0) is 18.1 Å². The number of carboxylic acids is 1. The largest absolute Gasteiger partial charge is 0.481 e. The van der Waals surface area contributed by atoms with Gasteiger partial charge in [0.1, 0.15) is 0 Å². The number of carboxylic acid groups (broad SMARTS) is 1. The Kier molecular flexibility index (Phi) is 2.80. The van der Waals surface area contributed by atoms with E-state index < -0.39 is 17.8 Å². The first-order valence-corrected chi connectivity index (χ1v) is 4.95. The molecule has 0 aliphatic heterocycles. The number of aromatic nitrogens is 4. The molecule has 1 aliphatic rings. The zero-order valence-electron chi connectivity index (χ0n) is 8.38. The van der Waals surface area contributed by atoms with Gasteiger partial charge in [0.25, 0.3) is 11.7 Å². The molecule has 1 saturated carbocycles. The molecule has 0 aromatic carbocycles. The second kappa shape index (κ2) is 4.25.